The predicted octanol–water partition coefficient (Wildman–Crippen LogP) is 4.93. The first-order valence-electron chi connectivity index (χ1n) is 6.39. The smallest absolute Gasteiger partial charge is 0.0438 e. The average Bonchev–Trinajstić information content (AvgIpc) is 2.78. The summed E-state index contributed by atoms with van der Waals surface area (Å²) in [5.74, 6) is 0. The van der Waals surface area contributed by atoms with Gasteiger partial charge in [-0.15, -0.1) is 11.3 Å². The number of nitrogens with one attached hydrogen (secondary N) is 1. The lowest BCUT2D eigenvalue weighted by Gasteiger charge is -2.18. The largest absolute Gasteiger partial charge is 0.314 e. The molecule has 0 aliphatic rings. The van der Waals surface area contributed by atoms with Crippen molar-refractivity contribution in [2.24, 2.45) is 0 Å². The van der Waals surface area contributed by atoms with Crippen molar-refractivity contribution in [2.45, 2.75) is 25.8 Å². The first-order chi connectivity index (χ1) is 9.20. The van der Waals surface area contributed by atoms with Crippen LogP contribution in [0.2, 0.25) is 5.02 Å². The molecule has 1 N–H and O–H groups in total. The maximum Gasteiger partial charge on any atom is 0.0438 e. The number of thiophene rings is 1. The summed E-state index contributed by atoms with van der Waals surface area (Å²) in [5, 5.41) is 6.53. The third kappa shape index (κ3) is 4.32. The van der Waals surface area contributed by atoms with Crippen LogP contribution < -0.4 is 5.32 Å². The summed E-state index contributed by atoms with van der Waals surface area (Å²) in [7, 11) is 0. The monoisotopic (exact) mass is 357 g/mol. The van der Waals surface area contributed by atoms with E-state index in [1.54, 1.807) is 11.3 Å². The van der Waals surface area contributed by atoms with Crippen LogP contribution in [0.4, 0.5) is 0 Å². The van der Waals surface area contributed by atoms with E-state index in [1.807, 2.05) is 18.2 Å². The highest BCUT2D eigenvalue weighted by molar-refractivity contribution is 9.10. The second-order valence-corrected chi connectivity index (χ2v) is 6.71. The lowest BCUT2D eigenvalue weighted by Crippen LogP contribution is -2.33. The van der Waals surface area contributed by atoms with Crippen molar-refractivity contribution in [1.29, 1.82) is 0 Å². The van der Waals surface area contributed by atoms with E-state index < -0.39 is 0 Å². The molecule has 2 rings (SSSR count). The second kappa shape index (κ2) is 7.44. The zero-order chi connectivity index (χ0) is 13.7. The number of halogens is 2. The molecule has 4 heteroatoms. The molecule has 1 nitrogen and oxygen atoms in total. The van der Waals surface area contributed by atoms with Gasteiger partial charge in [-0.1, -0.05) is 36.7 Å². The standard InChI is InChI=1S/C15H17BrClNS/c1-2-18-12(10-15-13(16)7-8-19-15)9-11-5-3-4-6-14(11)17/h3-8,12,18H,2,9-10H2,1H3. The van der Waals surface area contributed by atoms with Gasteiger partial charge in [0.05, 0.1) is 0 Å². The van der Waals surface area contributed by atoms with Crippen molar-refractivity contribution in [2.75, 3.05) is 6.54 Å². The van der Waals surface area contributed by atoms with E-state index in [2.05, 4.69) is 45.7 Å². The van der Waals surface area contributed by atoms with E-state index in [-0.39, 0.29) is 0 Å². The predicted molar refractivity (Wildman–Crippen MR) is 88.3 cm³/mol. The van der Waals surface area contributed by atoms with Crippen LogP contribution in [0.3, 0.4) is 0 Å². The molecule has 0 aliphatic heterocycles. The molecule has 1 unspecified atom stereocenters. The van der Waals surface area contributed by atoms with Crippen LogP contribution in [-0.2, 0) is 12.8 Å². The minimum absolute atomic E-state index is 0.417. The minimum Gasteiger partial charge on any atom is -0.314 e. The Labute approximate surface area is 132 Å². The van der Waals surface area contributed by atoms with Crippen molar-refractivity contribution in [3.8, 4) is 0 Å². The molecule has 0 radical (unpaired) electrons. The Balaban J connectivity index is 2.08. The Morgan fingerprint density at radius 2 is 2.05 bits per heavy atom. The highest BCUT2D eigenvalue weighted by Gasteiger charge is 2.13. The highest BCUT2D eigenvalue weighted by atomic mass is 79.9. The third-order valence-corrected chi connectivity index (χ3v) is 5.36. The average molecular weight is 359 g/mol. The lowest BCUT2D eigenvalue weighted by molar-refractivity contribution is 0.524. The first kappa shape index (κ1) is 15.0. The van der Waals surface area contributed by atoms with Gasteiger partial charge in [-0.05, 0) is 58.4 Å². The molecular weight excluding hydrogens is 342 g/mol. The molecule has 0 bridgehead atoms. The molecule has 19 heavy (non-hydrogen) atoms. The van der Waals surface area contributed by atoms with Crippen molar-refractivity contribution in [3.63, 3.8) is 0 Å². The topological polar surface area (TPSA) is 12.0 Å². The molecule has 0 saturated heterocycles. The Hall–Kier alpha value is -0.350. The van der Waals surface area contributed by atoms with Crippen LogP contribution in [0, 0.1) is 0 Å². The molecule has 1 aromatic carbocycles. The molecule has 0 spiro atoms. The van der Waals surface area contributed by atoms with Crippen molar-refractivity contribution >= 4 is 38.9 Å². The fourth-order valence-electron chi connectivity index (χ4n) is 2.13. The molecule has 0 aliphatic carbocycles. The van der Waals surface area contributed by atoms with E-state index in [0.29, 0.717) is 6.04 Å². The lowest BCUT2D eigenvalue weighted by atomic mass is 10.0. The molecule has 1 heterocycles. The SMILES string of the molecule is CCNC(Cc1ccccc1Cl)Cc1sccc1Br. The molecule has 102 valence electrons. The first-order valence-corrected chi connectivity index (χ1v) is 8.44. The second-order valence-electron chi connectivity index (χ2n) is 4.45. The molecule has 1 aromatic heterocycles. The van der Waals surface area contributed by atoms with Gasteiger partial charge in [0.2, 0.25) is 0 Å². The molecular formula is C15H17BrClNS. The Morgan fingerprint density at radius 3 is 2.68 bits per heavy atom. The van der Waals surface area contributed by atoms with Gasteiger partial charge >= 0.3 is 0 Å². The van der Waals surface area contributed by atoms with Crippen molar-refractivity contribution in [3.05, 3.63) is 55.6 Å². The maximum absolute atomic E-state index is 6.25. The summed E-state index contributed by atoms with van der Waals surface area (Å²) in [4.78, 5) is 1.39. The van der Waals surface area contributed by atoms with E-state index >= 15 is 0 Å². The number of benzene rings is 1. The molecule has 0 fully saturated rings. The number of hydrogen-bond donors (Lipinski definition) is 1. The summed E-state index contributed by atoms with van der Waals surface area (Å²) in [5.41, 5.74) is 1.21. The maximum atomic E-state index is 6.25. The van der Waals surface area contributed by atoms with E-state index in [1.165, 1.54) is 14.9 Å². The highest BCUT2D eigenvalue weighted by Crippen LogP contribution is 2.25. The van der Waals surface area contributed by atoms with Crippen LogP contribution in [0.1, 0.15) is 17.4 Å². The summed E-state index contributed by atoms with van der Waals surface area (Å²) in [6.45, 7) is 3.11. The summed E-state index contributed by atoms with van der Waals surface area (Å²) < 4.78 is 1.21. The van der Waals surface area contributed by atoms with Crippen molar-refractivity contribution < 1.29 is 0 Å². The molecule has 1 atom stereocenters. The fourth-order valence-corrected chi connectivity index (χ4v) is 3.94. The van der Waals surface area contributed by atoms with Gasteiger partial charge in [-0.3, -0.25) is 0 Å². The van der Waals surface area contributed by atoms with Gasteiger partial charge in [0.25, 0.3) is 0 Å². The number of hydrogen-bond acceptors (Lipinski definition) is 2. The summed E-state index contributed by atoms with van der Waals surface area (Å²) in [6, 6.07) is 10.6. The van der Waals surface area contributed by atoms with Crippen LogP contribution in [0.25, 0.3) is 0 Å². The van der Waals surface area contributed by atoms with E-state index in [9.17, 15) is 0 Å². The van der Waals surface area contributed by atoms with Crippen LogP contribution in [-0.4, -0.2) is 12.6 Å². The van der Waals surface area contributed by atoms with Crippen LogP contribution in [0.5, 0.6) is 0 Å². The quantitative estimate of drug-likeness (QED) is 0.772. The summed E-state index contributed by atoms with van der Waals surface area (Å²) >= 11 is 11.6. The zero-order valence-corrected chi connectivity index (χ0v) is 14.0. The minimum atomic E-state index is 0.417. The molecule has 0 amide bonds. The van der Waals surface area contributed by atoms with Gasteiger partial charge in [0, 0.05) is 20.4 Å². The normalized spacial score (nSPS) is 12.6. The number of likely N-dealkylation sites (N-methyl/N-ethyl adjacent to an activating group) is 1. The van der Waals surface area contributed by atoms with Crippen LogP contribution >= 0.6 is 38.9 Å². The Morgan fingerprint density at radius 1 is 1.26 bits per heavy atom. The van der Waals surface area contributed by atoms with Crippen molar-refractivity contribution in [1.82, 2.24) is 5.32 Å². The fraction of sp³-hybridized carbons (Fsp3) is 0.333. The Bertz CT molecular complexity index is 526. The van der Waals surface area contributed by atoms with Crippen LogP contribution in [0.15, 0.2) is 40.2 Å². The van der Waals surface area contributed by atoms with Gasteiger partial charge in [0.1, 0.15) is 0 Å². The molecule has 0 saturated carbocycles. The van der Waals surface area contributed by atoms with Gasteiger partial charge in [0.15, 0.2) is 0 Å². The summed E-state index contributed by atoms with van der Waals surface area (Å²) in [6.07, 6.45) is 1.98. The third-order valence-electron chi connectivity index (χ3n) is 3.04. The van der Waals surface area contributed by atoms with Gasteiger partial charge in [-0.25, -0.2) is 0 Å². The van der Waals surface area contributed by atoms with Gasteiger partial charge < -0.3 is 5.32 Å². The van der Waals surface area contributed by atoms with Gasteiger partial charge in [-0.2, -0.15) is 0 Å². The van der Waals surface area contributed by atoms with E-state index in [4.69, 9.17) is 11.6 Å². The zero-order valence-electron chi connectivity index (χ0n) is 10.8. The Kier molecular flexibility index (Phi) is 5.89. The molecule has 2 aromatic rings. The number of rotatable bonds is 6. The van der Waals surface area contributed by atoms with E-state index in [0.717, 1.165) is 24.4 Å².